The average Bonchev–Trinajstić information content (AvgIpc) is 2.81. The highest BCUT2D eigenvalue weighted by Gasteiger charge is 2.36. The fourth-order valence-corrected chi connectivity index (χ4v) is 2.06. The smallest absolute Gasteiger partial charge is 0.305 e. The Morgan fingerprint density at radius 1 is 1.35 bits per heavy atom. The van der Waals surface area contributed by atoms with Gasteiger partial charge in [-0.2, -0.15) is 18.3 Å². The number of hydrogen-bond donors (Lipinski definition) is 1. The van der Waals surface area contributed by atoms with Crippen molar-refractivity contribution in [1.29, 1.82) is 0 Å². The van der Waals surface area contributed by atoms with Gasteiger partial charge in [-0.05, 0) is 18.7 Å². The highest BCUT2D eigenvalue weighted by molar-refractivity contribution is 5.34. The van der Waals surface area contributed by atoms with E-state index in [1.54, 1.807) is 24.0 Å². The Morgan fingerprint density at radius 3 is 2.65 bits per heavy atom. The second-order valence-corrected chi connectivity index (χ2v) is 4.37. The quantitative estimate of drug-likeness (QED) is 0.938. The van der Waals surface area contributed by atoms with Crippen molar-refractivity contribution in [2.24, 2.45) is 7.05 Å². The molecule has 108 valence electrons. The molecule has 2 rings (SSSR count). The molecule has 2 aromatic rings. The molecular weight excluding hydrogens is 269 g/mol. The molecule has 0 radical (unpaired) electrons. The highest BCUT2D eigenvalue weighted by atomic mass is 19.4. The first-order chi connectivity index (χ1) is 9.43. The number of rotatable bonds is 4. The number of halogens is 3. The maximum absolute atomic E-state index is 13.1. The lowest BCUT2D eigenvalue weighted by molar-refractivity contribution is -0.138. The van der Waals surface area contributed by atoms with Gasteiger partial charge in [-0.25, -0.2) is 0 Å². The number of aromatic nitrogens is 3. The van der Waals surface area contributed by atoms with Crippen LogP contribution in [0.4, 0.5) is 13.2 Å². The Labute approximate surface area is 114 Å². The Hall–Kier alpha value is -1.89. The summed E-state index contributed by atoms with van der Waals surface area (Å²) in [5.41, 5.74) is -0.0718. The van der Waals surface area contributed by atoms with Crippen molar-refractivity contribution in [2.75, 3.05) is 6.54 Å². The summed E-state index contributed by atoms with van der Waals surface area (Å²) in [7, 11) is 1.72. The van der Waals surface area contributed by atoms with E-state index in [4.69, 9.17) is 0 Å². The largest absolute Gasteiger partial charge is 0.416 e. The molecule has 0 fully saturated rings. The maximum atomic E-state index is 13.1. The SMILES string of the molecule is CCNC(c1ccn(C)n1)c1cnccc1C(F)(F)F. The van der Waals surface area contributed by atoms with Crippen LogP contribution >= 0.6 is 0 Å². The van der Waals surface area contributed by atoms with Crippen LogP contribution in [0.25, 0.3) is 0 Å². The van der Waals surface area contributed by atoms with Gasteiger partial charge < -0.3 is 5.32 Å². The standard InChI is InChI=1S/C13H15F3N4/c1-3-18-12(11-5-7-20(2)19-11)9-8-17-6-4-10(9)13(14,15)16/h4-8,12,18H,3H2,1-2H3. The lowest BCUT2D eigenvalue weighted by atomic mass is 10.00. The zero-order valence-electron chi connectivity index (χ0n) is 11.1. The number of nitrogens with one attached hydrogen (secondary N) is 1. The van der Waals surface area contributed by atoms with Crippen LogP contribution in [0.15, 0.2) is 30.7 Å². The molecule has 0 aliphatic rings. The number of aryl methyl sites for hydroxylation is 1. The molecule has 20 heavy (non-hydrogen) atoms. The monoisotopic (exact) mass is 284 g/mol. The first-order valence-electron chi connectivity index (χ1n) is 6.17. The Balaban J connectivity index is 2.50. The number of hydrogen-bond acceptors (Lipinski definition) is 3. The summed E-state index contributed by atoms with van der Waals surface area (Å²) >= 11 is 0. The molecule has 0 spiro atoms. The minimum atomic E-state index is -4.42. The lowest BCUT2D eigenvalue weighted by Gasteiger charge is -2.20. The second kappa shape index (κ2) is 5.62. The third-order valence-corrected chi connectivity index (χ3v) is 2.91. The van der Waals surface area contributed by atoms with Gasteiger partial charge in [0.2, 0.25) is 0 Å². The molecule has 4 nitrogen and oxygen atoms in total. The minimum Gasteiger partial charge on any atom is -0.305 e. The summed E-state index contributed by atoms with van der Waals surface area (Å²) in [6.45, 7) is 2.35. The van der Waals surface area contributed by atoms with Crippen molar-refractivity contribution < 1.29 is 13.2 Å². The van der Waals surface area contributed by atoms with Gasteiger partial charge in [0, 0.05) is 31.2 Å². The van der Waals surface area contributed by atoms with E-state index in [1.807, 2.05) is 6.92 Å². The topological polar surface area (TPSA) is 42.7 Å². The second-order valence-electron chi connectivity index (χ2n) is 4.37. The third kappa shape index (κ3) is 2.98. The van der Waals surface area contributed by atoms with Crippen molar-refractivity contribution in [1.82, 2.24) is 20.1 Å². The van der Waals surface area contributed by atoms with E-state index >= 15 is 0 Å². The molecule has 0 saturated heterocycles. The molecule has 7 heteroatoms. The molecule has 0 amide bonds. The molecule has 2 aromatic heterocycles. The summed E-state index contributed by atoms with van der Waals surface area (Å²) in [5, 5.41) is 7.21. The van der Waals surface area contributed by atoms with E-state index in [0.717, 1.165) is 12.3 Å². The molecule has 0 saturated carbocycles. The van der Waals surface area contributed by atoms with Crippen LogP contribution in [0.2, 0.25) is 0 Å². The summed E-state index contributed by atoms with van der Waals surface area (Å²) in [6.07, 6.45) is -0.331. The summed E-state index contributed by atoms with van der Waals surface area (Å²) in [5.74, 6) is 0. The fraction of sp³-hybridized carbons (Fsp3) is 0.385. The van der Waals surface area contributed by atoms with Gasteiger partial charge in [0.05, 0.1) is 17.3 Å². The normalized spacial score (nSPS) is 13.4. The van der Waals surface area contributed by atoms with E-state index in [-0.39, 0.29) is 5.56 Å². The van der Waals surface area contributed by atoms with Crippen LogP contribution in [-0.2, 0) is 13.2 Å². The van der Waals surface area contributed by atoms with Gasteiger partial charge in [0.1, 0.15) is 0 Å². The van der Waals surface area contributed by atoms with Crippen molar-refractivity contribution >= 4 is 0 Å². The van der Waals surface area contributed by atoms with E-state index in [1.165, 1.54) is 6.20 Å². The Bertz CT molecular complexity index is 577. The van der Waals surface area contributed by atoms with Crippen LogP contribution in [0.5, 0.6) is 0 Å². The van der Waals surface area contributed by atoms with Gasteiger partial charge in [-0.3, -0.25) is 9.67 Å². The summed E-state index contributed by atoms with van der Waals surface area (Å²) in [6, 6.07) is 2.05. The number of alkyl halides is 3. The third-order valence-electron chi connectivity index (χ3n) is 2.91. The number of nitrogens with zero attached hydrogens (tertiary/aromatic N) is 3. The fourth-order valence-electron chi connectivity index (χ4n) is 2.06. The van der Waals surface area contributed by atoms with E-state index in [0.29, 0.717) is 12.2 Å². The minimum absolute atomic E-state index is 0.0838. The maximum Gasteiger partial charge on any atom is 0.416 e. The summed E-state index contributed by atoms with van der Waals surface area (Å²) < 4.78 is 40.8. The molecule has 2 heterocycles. The van der Waals surface area contributed by atoms with Gasteiger partial charge in [0.25, 0.3) is 0 Å². The van der Waals surface area contributed by atoms with Crippen LogP contribution in [0.1, 0.15) is 29.8 Å². The van der Waals surface area contributed by atoms with Crippen molar-refractivity contribution in [2.45, 2.75) is 19.1 Å². The molecule has 0 aliphatic carbocycles. The lowest BCUT2D eigenvalue weighted by Crippen LogP contribution is -2.25. The van der Waals surface area contributed by atoms with Gasteiger partial charge in [0.15, 0.2) is 0 Å². The van der Waals surface area contributed by atoms with Gasteiger partial charge >= 0.3 is 6.18 Å². The number of pyridine rings is 1. The predicted molar refractivity (Wildman–Crippen MR) is 68.0 cm³/mol. The van der Waals surface area contributed by atoms with E-state index in [2.05, 4.69) is 15.4 Å². The van der Waals surface area contributed by atoms with Gasteiger partial charge in [-0.15, -0.1) is 0 Å². The first kappa shape index (κ1) is 14.5. The zero-order valence-corrected chi connectivity index (χ0v) is 11.1. The molecule has 0 bridgehead atoms. The van der Waals surface area contributed by atoms with Gasteiger partial charge in [-0.1, -0.05) is 6.92 Å². The van der Waals surface area contributed by atoms with Crippen LogP contribution in [-0.4, -0.2) is 21.3 Å². The predicted octanol–water partition coefficient (Wildman–Crippen LogP) is 2.53. The van der Waals surface area contributed by atoms with Crippen molar-refractivity contribution in [3.8, 4) is 0 Å². The molecule has 1 N–H and O–H groups in total. The molecule has 0 aliphatic heterocycles. The Kier molecular flexibility index (Phi) is 4.08. The van der Waals surface area contributed by atoms with Crippen LogP contribution < -0.4 is 5.32 Å². The molecule has 1 atom stereocenters. The zero-order chi connectivity index (χ0) is 14.8. The summed E-state index contributed by atoms with van der Waals surface area (Å²) in [4.78, 5) is 3.82. The first-order valence-corrected chi connectivity index (χ1v) is 6.17. The van der Waals surface area contributed by atoms with Crippen LogP contribution in [0.3, 0.4) is 0 Å². The molecule has 0 aromatic carbocycles. The molecule has 1 unspecified atom stereocenters. The molecular formula is C13H15F3N4. The average molecular weight is 284 g/mol. The van der Waals surface area contributed by atoms with E-state index < -0.39 is 17.8 Å². The Morgan fingerprint density at radius 2 is 2.10 bits per heavy atom. The van der Waals surface area contributed by atoms with Crippen molar-refractivity contribution in [3.63, 3.8) is 0 Å². The highest BCUT2D eigenvalue weighted by Crippen LogP contribution is 2.35. The van der Waals surface area contributed by atoms with Crippen molar-refractivity contribution in [3.05, 3.63) is 47.5 Å². The van der Waals surface area contributed by atoms with Crippen LogP contribution in [0, 0.1) is 0 Å². The van der Waals surface area contributed by atoms with E-state index in [9.17, 15) is 13.2 Å².